The Labute approximate surface area is 154 Å². The fourth-order valence-electron chi connectivity index (χ4n) is 1.85. The van der Waals surface area contributed by atoms with Gasteiger partial charge in [0.25, 0.3) is 0 Å². The van der Waals surface area contributed by atoms with Gasteiger partial charge < -0.3 is 42.7 Å². The lowest BCUT2D eigenvalue weighted by Crippen LogP contribution is -2.55. The Morgan fingerprint density at radius 3 is 2.07 bits per heavy atom. The molecule has 0 fully saturated rings. The molecule has 27 heavy (non-hydrogen) atoms. The Kier molecular flexibility index (Phi) is 11.3. The quantitative estimate of drug-likeness (QED) is 0.150. The predicted octanol–water partition coefficient (Wildman–Crippen LogP) is -4.31. The molecular weight excluding hydrogens is 366 g/mol. The first-order chi connectivity index (χ1) is 12.6. The van der Waals surface area contributed by atoms with Crippen molar-refractivity contribution in [1.29, 1.82) is 0 Å². The number of hydrogen-bond acceptors (Lipinski definition) is 8. The van der Waals surface area contributed by atoms with Crippen LogP contribution in [0.2, 0.25) is 0 Å². The van der Waals surface area contributed by atoms with Gasteiger partial charge in [-0.05, 0) is 19.4 Å². The molecule has 0 radical (unpaired) electrons. The SMILES string of the molecule is NCCC[C@H](N)C(=O)NCC(=O)N[C@@H](CC(=O)O)C(=O)N[C@@H](CO)C(=O)O. The zero-order chi connectivity index (χ0) is 21.0. The van der Waals surface area contributed by atoms with Crippen LogP contribution in [0.5, 0.6) is 0 Å². The lowest BCUT2D eigenvalue weighted by molar-refractivity contribution is -0.144. The molecular formula is C14H25N5O8. The highest BCUT2D eigenvalue weighted by molar-refractivity contribution is 5.94. The third-order valence-corrected chi connectivity index (χ3v) is 3.31. The molecule has 0 aliphatic heterocycles. The van der Waals surface area contributed by atoms with Crippen LogP contribution in [0, 0.1) is 0 Å². The van der Waals surface area contributed by atoms with Crippen molar-refractivity contribution in [2.45, 2.75) is 37.4 Å². The molecule has 3 amide bonds. The van der Waals surface area contributed by atoms with Gasteiger partial charge in [-0.1, -0.05) is 0 Å². The summed E-state index contributed by atoms with van der Waals surface area (Å²) in [4.78, 5) is 57.2. The molecule has 0 unspecified atom stereocenters. The largest absolute Gasteiger partial charge is 0.481 e. The van der Waals surface area contributed by atoms with Crippen LogP contribution in [0.15, 0.2) is 0 Å². The van der Waals surface area contributed by atoms with Crippen LogP contribution in [-0.2, 0) is 24.0 Å². The Bertz CT molecular complexity index is 556. The Morgan fingerprint density at radius 1 is 0.963 bits per heavy atom. The highest BCUT2D eigenvalue weighted by Gasteiger charge is 2.28. The number of hydrogen-bond donors (Lipinski definition) is 8. The molecule has 0 aromatic carbocycles. The maximum atomic E-state index is 12.0. The van der Waals surface area contributed by atoms with E-state index < -0.39 is 67.4 Å². The van der Waals surface area contributed by atoms with Gasteiger partial charge in [0.2, 0.25) is 17.7 Å². The van der Waals surface area contributed by atoms with Gasteiger partial charge in [0.05, 0.1) is 25.6 Å². The highest BCUT2D eigenvalue weighted by Crippen LogP contribution is 1.96. The summed E-state index contributed by atoms with van der Waals surface area (Å²) in [7, 11) is 0. The number of aliphatic hydroxyl groups excluding tert-OH is 1. The van der Waals surface area contributed by atoms with E-state index in [1.807, 2.05) is 5.32 Å². The van der Waals surface area contributed by atoms with Crippen LogP contribution < -0.4 is 27.4 Å². The van der Waals surface area contributed by atoms with Crippen LogP contribution in [0.1, 0.15) is 19.3 Å². The van der Waals surface area contributed by atoms with Crippen LogP contribution in [0.4, 0.5) is 0 Å². The molecule has 13 nitrogen and oxygen atoms in total. The van der Waals surface area contributed by atoms with Crippen molar-refractivity contribution in [3.63, 3.8) is 0 Å². The fraction of sp³-hybridized carbons (Fsp3) is 0.643. The predicted molar refractivity (Wildman–Crippen MR) is 90.1 cm³/mol. The van der Waals surface area contributed by atoms with Crippen molar-refractivity contribution in [2.75, 3.05) is 19.7 Å². The van der Waals surface area contributed by atoms with Crippen LogP contribution in [0.25, 0.3) is 0 Å². The first-order valence-electron chi connectivity index (χ1n) is 8.00. The van der Waals surface area contributed by atoms with E-state index in [0.717, 1.165) is 0 Å². The van der Waals surface area contributed by atoms with E-state index in [9.17, 15) is 24.0 Å². The zero-order valence-electron chi connectivity index (χ0n) is 14.5. The summed E-state index contributed by atoms with van der Waals surface area (Å²) >= 11 is 0. The van der Waals surface area contributed by atoms with E-state index in [0.29, 0.717) is 19.4 Å². The van der Waals surface area contributed by atoms with Gasteiger partial charge in [-0.3, -0.25) is 19.2 Å². The summed E-state index contributed by atoms with van der Waals surface area (Å²) in [6.07, 6.45) is -0.0116. The molecule has 0 aliphatic rings. The lowest BCUT2D eigenvalue weighted by Gasteiger charge is -2.19. The highest BCUT2D eigenvalue weighted by atomic mass is 16.4. The standard InChI is InChI=1S/C14H25N5O8/c15-3-1-2-7(16)12(24)17-5-10(21)18-8(4-11(22)23)13(25)19-9(6-20)14(26)27/h7-9,20H,1-6,15-16H2,(H,17,24)(H,18,21)(H,19,25)(H,22,23)(H,26,27)/t7-,8-,9-/m0/s1. The Hall–Kier alpha value is -2.77. The number of carbonyl (C=O) groups excluding carboxylic acids is 3. The maximum Gasteiger partial charge on any atom is 0.328 e. The Balaban J connectivity index is 4.72. The normalized spacial score (nSPS) is 13.7. The smallest absolute Gasteiger partial charge is 0.328 e. The van der Waals surface area contributed by atoms with E-state index in [2.05, 4.69) is 10.6 Å². The van der Waals surface area contributed by atoms with E-state index in [4.69, 9.17) is 26.8 Å². The topological polar surface area (TPSA) is 234 Å². The van der Waals surface area contributed by atoms with E-state index in [-0.39, 0.29) is 0 Å². The number of nitrogens with one attached hydrogen (secondary N) is 3. The number of amides is 3. The van der Waals surface area contributed by atoms with Gasteiger partial charge >= 0.3 is 11.9 Å². The average molecular weight is 391 g/mol. The molecule has 0 heterocycles. The first kappa shape index (κ1) is 24.2. The minimum atomic E-state index is -1.66. The third kappa shape index (κ3) is 10.1. The monoisotopic (exact) mass is 391 g/mol. The van der Waals surface area contributed by atoms with E-state index in [1.54, 1.807) is 0 Å². The second-order valence-corrected chi connectivity index (χ2v) is 5.56. The molecule has 0 saturated carbocycles. The van der Waals surface area contributed by atoms with Crippen molar-refractivity contribution in [3.05, 3.63) is 0 Å². The minimum Gasteiger partial charge on any atom is -0.481 e. The van der Waals surface area contributed by atoms with E-state index in [1.165, 1.54) is 0 Å². The van der Waals surface area contributed by atoms with Crippen molar-refractivity contribution in [1.82, 2.24) is 16.0 Å². The van der Waals surface area contributed by atoms with Crippen molar-refractivity contribution < 1.29 is 39.3 Å². The van der Waals surface area contributed by atoms with Crippen molar-refractivity contribution in [3.8, 4) is 0 Å². The second-order valence-electron chi connectivity index (χ2n) is 5.56. The van der Waals surface area contributed by atoms with Crippen molar-refractivity contribution >= 4 is 29.7 Å². The molecule has 0 saturated heterocycles. The second kappa shape index (κ2) is 12.6. The van der Waals surface area contributed by atoms with Gasteiger partial charge in [0, 0.05) is 0 Å². The fourth-order valence-corrected chi connectivity index (χ4v) is 1.85. The van der Waals surface area contributed by atoms with Crippen LogP contribution >= 0.6 is 0 Å². The molecule has 154 valence electrons. The molecule has 10 N–H and O–H groups in total. The number of carbonyl (C=O) groups is 5. The molecule has 0 bridgehead atoms. The lowest BCUT2D eigenvalue weighted by atomic mass is 10.1. The first-order valence-corrected chi connectivity index (χ1v) is 8.00. The third-order valence-electron chi connectivity index (χ3n) is 3.31. The van der Waals surface area contributed by atoms with Gasteiger partial charge in [0.1, 0.15) is 12.1 Å². The number of carboxylic acids is 2. The number of nitrogens with two attached hydrogens (primary N) is 2. The molecule has 0 aliphatic carbocycles. The van der Waals surface area contributed by atoms with E-state index >= 15 is 0 Å². The zero-order valence-corrected chi connectivity index (χ0v) is 14.5. The number of rotatable bonds is 13. The van der Waals surface area contributed by atoms with Gasteiger partial charge in [-0.25, -0.2) is 4.79 Å². The number of carboxylic acid groups (broad SMARTS) is 2. The Morgan fingerprint density at radius 2 is 1.59 bits per heavy atom. The maximum absolute atomic E-state index is 12.0. The molecule has 0 aromatic heterocycles. The van der Waals surface area contributed by atoms with Crippen molar-refractivity contribution in [2.24, 2.45) is 11.5 Å². The summed E-state index contributed by atoms with van der Waals surface area (Å²) in [5.74, 6) is -5.59. The number of aliphatic hydroxyl groups is 1. The summed E-state index contributed by atoms with van der Waals surface area (Å²) in [6, 6.07) is -4.14. The summed E-state index contributed by atoms with van der Waals surface area (Å²) in [6.45, 7) is -1.15. The molecule has 0 aromatic rings. The van der Waals surface area contributed by atoms with Gasteiger partial charge in [-0.15, -0.1) is 0 Å². The summed E-state index contributed by atoms with van der Waals surface area (Å²) in [5.41, 5.74) is 10.9. The summed E-state index contributed by atoms with van der Waals surface area (Å²) in [5, 5.41) is 32.7. The van der Waals surface area contributed by atoms with Gasteiger partial charge in [0.15, 0.2) is 0 Å². The minimum absolute atomic E-state index is 0.311. The molecule has 3 atom stereocenters. The number of aliphatic carboxylic acids is 2. The molecule has 13 heteroatoms. The molecule has 0 spiro atoms. The summed E-state index contributed by atoms with van der Waals surface area (Å²) < 4.78 is 0. The van der Waals surface area contributed by atoms with Crippen LogP contribution in [0.3, 0.4) is 0 Å². The molecule has 0 rings (SSSR count). The van der Waals surface area contributed by atoms with Gasteiger partial charge in [-0.2, -0.15) is 0 Å². The average Bonchev–Trinajstić information content (AvgIpc) is 2.60. The van der Waals surface area contributed by atoms with Crippen LogP contribution in [-0.4, -0.2) is 82.8 Å².